The summed E-state index contributed by atoms with van der Waals surface area (Å²) in [6.07, 6.45) is 0. The highest BCUT2D eigenvalue weighted by Crippen LogP contribution is 2.25. The minimum absolute atomic E-state index is 0.244. The Balaban J connectivity index is 2.76. The number of amides is 1. The topological polar surface area (TPSA) is 62.1 Å². The highest BCUT2D eigenvalue weighted by molar-refractivity contribution is 6.31. The van der Waals surface area contributed by atoms with Crippen molar-refractivity contribution in [1.29, 1.82) is 5.26 Å². The molecule has 5 heteroatoms. The van der Waals surface area contributed by atoms with Crippen molar-refractivity contribution in [3.63, 3.8) is 0 Å². The van der Waals surface area contributed by atoms with Crippen LogP contribution in [-0.4, -0.2) is 13.0 Å². The van der Waals surface area contributed by atoms with Crippen LogP contribution < -0.4 is 10.1 Å². The molecule has 0 radical (unpaired) electrons. The van der Waals surface area contributed by atoms with E-state index in [0.717, 1.165) is 0 Å². The monoisotopic (exact) mass is 252 g/mol. The molecule has 1 rings (SSSR count). The van der Waals surface area contributed by atoms with Crippen LogP contribution >= 0.6 is 11.6 Å². The molecule has 0 aliphatic carbocycles. The summed E-state index contributed by atoms with van der Waals surface area (Å²) < 4.78 is 5.14. The van der Waals surface area contributed by atoms with Crippen LogP contribution in [0.25, 0.3) is 0 Å². The predicted octanol–water partition coefficient (Wildman–Crippen LogP) is 2.12. The van der Waals surface area contributed by atoms with Gasteiger partial charge < -0.3 is 10.1 Å². The lowest BCUT2D eigenvalue weighted by molar-refractivity contribution is -0.123. The number of rotatable bonds is 4. The second-order valence-corrected chi connectivity index (χ2v) is 3.90. The van der Waals surface area contributed by atoms with Gasteiger partial charge in [0.05, 0.1) is 13.2 Å². The summed E-state index contributed by atoms with van der Waals surface area (Å²) in [6.45, 7) is 1.78. The molecule has 1 unspecified atom stereocenters. The number of ether oxygens (including phenoxy) is 1. The number of carbonyl (C=O) groups excluding carboxylic acids is 1. The summed E-state index contributed by atoms with van der Waals surface area (Å²) in [4.78, 5) is 11.4. The first-order chi connectivity index (χ1) is 8.10. The van der Waals surface area contributed by atoms with Crippen molar-refractivity contribution in [1.82, 2.24) is 5.32 Å². The van der Waals surface area contributed by atoms with E-state index in [1.165, 1.54) is 7.11 Å². The first kappa shape index (κ1) is 13.3. The maximum atomic E-state index is 11.4. The second-order valence-electron chi connectivity index (χ2n) is 3.49. The van der Waals surface area contributed by atoms with Crippen molar-refractivity contribution in [3.8, 4) is 11.8 Å². The van der Waals surface area contributed by atoms with Crippen molar-refractivity contribution in [2.75, 3.05) is 7.11 Å². The first-order valence-corrected chi connectivity index (χ1v) is 5.46. The number of methoxy groups -OCH3 is 1. The lowest BCUT2D eigenvalue weighted by Gasteiger charge is -2.11. The molecule has 1 amide bonds. The van der Waals surface area contributed by atoms with Crippen LogP contribution in [-0.2, 0) is 11.3 Å². The van der Waals surface area contributed by atoms with Crippen LogP contribution in [0, 0.1) is 17.2 Å². The molecule has 0 bridgehead atoms. The smallest absolute Gasteiger partial charge is 0.237 e. The minimum atomic E-state index is -0.677. The number of benzene rings is 1. The van der Waals surface area contributed by atoms with E-state index >= 15 is 0 Å². The zero-order valence-corrected chi connectivity index (χ0v) is 10.4. The van der Waals surface area contributed by atoms with E-state index in [0.29, 0.717) is 16.3 Å². The van der Waals surface area contributed by atoms with Gasteiger partial charge in [0.1, 0.15) is 11.7 Å². The van der Waals surface area contributed by atoms with Crippen LogP contribution in [0.4, 0.5) is 0 Å². The van der Waals surface area contributed by atoms with E-state index in [1.54, 1.807) is 25.1 Å². The summed E-state index contributed by atoms with van der Waals surface area (Å²) in [6, 6.07) is 7.12. The molecule has 1 atom stereocenters. The number of carbonyl (C=O) groups is 1. The van der Waals surface area contributed by atoms with E-state index in [9.17, 15) is 4.79 Å². The average Bonchev–Trinajstić information content (AvgIpc) is 2.35. The second kappa shape index (κ2) is 6.12. The SMILES string of the molecule is COc1cccc(Cl)c1CNC(=O)C(C)C#N. The van der Waals surface area contributed by atoms with Crippen LogP contribution in [0.3, 0.4) is 0 Å². The molecule has 0 saturated heterocycles. The fourth-order valence-corrected chi connectivity index (χ4v) is 1.52. The molecule has 4 nitrogen and oxygen atoms in total. The van der Waals surface area contributed by atoms with Gasteiger partial charge in [-0.3, -0.25) is 4.79 Å². The van der Waals surface area contributed by atoms with Crippen LogP contribution in [0.5, 0.6) is 5.75 Å². The standard InChI is InChI=1S/C12H13ClN2O2/c1-8(6-14)12(16)15-7-9-10(13)4-3-5-11(9)17-2/h3-5,8H,7H2,1-2H3,(H,15,16). The van der Waals surface area contributed by atoms with E-state index in [4.69, 9.17) is 21.6 Å². The maximum Gasteiger partial charge on any atom is 0.237 e. The number of nitrogens with one attached hydrogen (secondary N) is 1. The number of hydrogen-bond acceptors (Lipinski definition) is 3. The summed E-state index contributed by atoms with van der Waals surface area (Å²) in [5.41, 5.74) is 0.704. The number of nitriles is 1. The van der Waals surface area contributed by atoms with Crippen LogP contribution in [0.2, 0.25) is 5.02 Å². The van der Waals surface area contributed by atoms with Gasteiger partial charge in [0.25, 0.3) is 0 Å². The Kier molecular flexibility index (Phi) is 4.80. The predicted molar refractivity (Wildman–Crippen MR) is 64.6 cm³/mol. The molecule has 0 spiro atoms. The Morgan fingerprint density at radius 1 is 1.65 bits per heavy atom. The third kappa shape index (κ3) is 3.36. The molecule has 0 heterocycles. The van der Waals surface area contributed by atoms with Gasteiger partial charge in [-0.05, 0) is 19.1 Å². The zero-order valence-electron chi connectivity index (χ0n) is 9.66. The van der Waals surface area contributed by atoms with Gasteiger partial charge >= 0.3 is 0 Å². The van der Waals surface area contributed by atoms with Gasteiger partial charge in [-0.1, -0.05) is 17.7 Å². The fourth-order valence-electron chi connectivity index (χ4n) is 1.29. The Morgan fingerprint density at radius 3 is 2.94 bits per heavy atom. The van der Waals surface area contributed by atoms with Crippen LogP contribution in [0.1, 0.15) is 12.5 Å². The zero-order chi connectivity index (χ0) is 12.8. The summed E-state index contributed by atoms with van der Waals surface area (Å²) in [5, 5.41) is 11.8. The van der Waals surface area contributed by atoms with Crippen molar-refractivity contribution in [2.45, 2.75) is 13.5 Å². The maximum absolute atomic E-state index is 11.4. The van der Waals surface area contributed by atoms with Crippen molar-refractivity contribution in [2.24, 2.45) is 5.92 Å². The summed E-state index contributed by atoms with van der Waals surface area (Å²) in [7, 11) is 1.54. The Bertz CT molecular complexity index is 454. The van der Waals surface area contributed by atoms with Crippen LogP contribution in [0.15, 0.2) is 18.2 Å². The Hall–Kier alpha value is -1.73. The molecular formula is C12H13ClN2O2. The average molecular weight is 253 g/mol. The van der Waals surface area contributed by atoms with Crippen molar-refractivity contribution >= 4 is 17.5 Å². The normalized spacial score (nSPS) is 11.4. The summed E-state index contributed by atoms with van der Waals surface area (Å²) >= 11 is 6.01. The van der Waals surface area contributed by atoms with Gasteiger partial charge in [-0.2, -0.15) is 5.26 Å². The minimum Gasteiger partial charge on any atom is -0.496 e. The molecule has 0 aliphatic rings. The third-order valence-electron chi connectivity index (χ3n) is 2.32. The number of halogens is 1. The van der Waals surface area contributed by atoms with E-state index in [-0.39, 0.29) is 12.5 Å². The van der Waals surface area contributed by atoms with Gasteiger partial charge in [0.15, 0.2) is 0 Å². The highest BCUT2D eigenvalue weighted by atomic mass is 35.5. The van der Waals surface area contributed by atoms with Crippen molar-refractivity contribution < 1.29 is 9.53 Å². The molecule has 1 aromatic rings. The molecule has 1 N–H and O–H groups in total. The quantitative estimate of drug-likeness (QED) is 0.893. The lowest BCUT2D eigenvalue weighted by Crippen LogP contribution is -2.28. The molecule has 0 saturated carbocycles. The summed E-state index contributed by atoms with van der Waals surface area (Å²) in [5.74, 6) is -0.389. The Labute approximate surface area is 105 Å². The Morgan fingerprint density at radius 2 is 2.35 bits per heavy atom. The number of hydrogen-bond donors (Lipinski definition) is 1. The third-order valence-corrected chi connectivity index (χ3v) is 2.68. The van der Waals surface area contributed by atoms with Gasteiger partial charge in [-0.15, -0.1) is 0 Å². The first-order valence-electron chi connectivity index (χ1n) is 5.08. The van der Waals surface area contributed by atoms with Gasteiger partial charge in [-0.25, -0.2) is 0 Å². The largest absolute Gasteiger partial charge is 0.496 e. The van der Waals surface area contributed by atoms with E-state index < -0.39 is 5.92 Å². The molecule has 17 heavy (non-hydrogen) atoms. The molecule has 1 aromatic carbocycles. The molecule has 0 fully saturated rings. The molecule has 0 aliphatic heterocycles. The fraction of sp³-hybridized carbons (Fsp3) is 0.333. The number of nitrogens with zero attached hydrogens (tertiary/aromatic N) is 1. The molecule has 90 valence electrons. The molecular weight excluding hydrogens is 240 g/mol. The van der Waals surface area contributed by atoms with Crippen molar-refractivity contribution in [3.05, 3.63) is 28.8 Å². The molecule has 0 aromatic heterocycles. The van der Waals surface area contributed by atoms with E-state index in [2.05, 4.69) is 5.32 Å². The van der Waals surface area contributed by atoms with E-state index in [1.807, 2.05) is 6.07 Å². The van der Waals surface area contributed by atoms with Gasteiger partial charge in [0, 0.05) is 17.1 Å². The highest BCUT2D eigenvalue weighted by Gasteiger charge is 2.13. The lowest BCUT2D eigenvalue weighted by atomic mass is 10.1. The van der Waals surface area contributed by atoms with Gasteiger partial charge in [0.2, 0.25) is 5.91 Å².